The van der Waals surface area contributed by atoms with Crippen LogP contribution in [-0.4, -0.2) is 59.2 Å². The second-order valence-electron chi connectivity index (χ2n) is 8.43. The van der Waals surface area contributed by atoms with E-state index in [0.717, 1.165) is 37.3 Å². The SMILES string of the molecule is CC1CNCC(C)N(Cc2ccc3c(c2)C(=O)N(C2CCC(=O)NC2=O)C3)C1. The van der Waals surface area contributed by atoms with Crippen molar-refractivity contribution in [2.75, 3.05) is 19.6 Å². The highest BCUT2D eigenvalue weighted by atomic mass is 16.2. The van der Waals surface area contributed by atoms with Crippen LogP contribution in [0.3, 0.4) is 0 Å². The van der Waals surface area contributed by atoms with Gasteiger partial charge in [-0.25, -0.2) is 0 Å². The Balaban J connectivity index is 1.50. The predicted octanol–water partition coefficient (Wildman–Crippen LogP) is 0.877. The number of rotatable bonds is 3. The molecule has 3 atom stereocenters. The second-order valence-corrected chi connectivity index (χ2v) is 8.43. The third-order valence-electron chi connectivity index (χ3n) is 6.08. The monoisotopic (exact) mass is 384 g/mol. The van der Waals surface area contributed by atoms with Crippen molar-refractivity contribution in [2.45, 2.75) is 51.9 Å². The number of fused-ring (bicyclic) bond motifs is 1. The molecule has 3 aliphatic heterocycles. The van der Waals surface area contributed by atoms with Crippen LogP contribution < -0.4 is 10.6 Å². The van der Waals surface area contributed by atoms with Gasteiger partial charge in [-0.05, 0) is 43.0 Å². The molecule has 0 radical (unpaired) electrons. The smallest absolute Gasteiger partial charge is 0.255 e. The van der Waals surface area contributed by atoms with Crippen LogP contribution in [0.2, 0.25) is 0 Å². The van der Waals surface area contributed by atoms with Crippen LogP contribution >= 0.6 is 0 Å². The topological polar surface area (TPSA) is 81.8 Å². The van der Waals surface area contributed by atoms with Gasteiger partial charge >= 0.3 is 0 Å². The number of benzene rings is 1. The summed E-state index contributed by atoms with van der Waals surface area (Å²) in [7, 11) is 0. The Labute approximate surface area is 165 Å². The number of hydrogen-bond acceptors (Lipinski definition) is 5. The van der Waals surface area contributed by atoms with E-state index in [2.05, 4.69) is 35.4 Å². The first-order valence-corrected chi connectivity index (χ1v) is 10.1. The molecule has 3 aliphatic rings. The van der Waals surface area contributed by atoms with Crippen molar-refractivity contribution in [2.24, 2.45) is 5.92 Å². The van der Waals surface area contributed by atoms with Crippen molar-refractivity contribution in [3.63, 3.8) is 0 Å². The van der Waals surface area contributed by atoms with E-state index < -0.39 is 6.04 Å². The number of imide groups is 1. The van der Waals surface area contributed by atoms with E-state index in [4.69, 9.17) is 0 Å². The third-order valence-corrected chi connectivity index (χ3v) is 6.08. The lowest BCUT2D eigenvalue weighted by Crippen LogP contribution is -2.52. The Morgan fingerprint density at radius 2 is 1.96 bits per heavy atom. The molecule has 3 heterocycles. The van der Waals surface area contributed by atoms with Gasteiger partial charge in [0.25, 0.3) is 5.91 Å². The Morgan fingerprint density at radius 3 is 2.75 bits per heavy atom. The number of hydrogen-bond donors (Lipinski definition) is 2. The first kappa shape index (κ1) is 19.1. The largest absolute Gasteiger partial charge is 0.322 e. The molecule has 2 N–H and O–H groups in total. The summed E-state index contributed by atoms with van der Waals surface area (Å²) in [5.41, 5.74) is 2.77. The number of nitrogens with zero attached hydrogens (tertiary/aromatic N) is 2. The van der Waals surface area contributed by atoms with E-state index in [-0.39, 0.29) is 24.1 Å². The van der Waals surface area contributed by atoms with E-state index in [9.17, 15) is 14.4 Å². The second kappa shape index (κ2) is 7.64. The molecule has 7 nitrogen and oxygen atoms in total. The summed E-state index contributed by atoms with van der Waals surface area (Å²) in [6.07, 6.45) is 0.675. The molecule has 0 bridgehead atoms. The normalized spacial score (nSPS) is 28.9. The molecular formula is C21H28N4O3. The molecule has 1 aromatic carbocycles. The lowest BCUT2D eigenvalue weighted by atomic mass is 10.0. The average Bonchev–Trinajstić information content (AvgIpc) is 2.88. The number of carbonyl (C=O) groups excluding carboxylic acids is 3. The Hall–Kier alpha value is -2.25. The van der Waals surface area contributed by atoms with Gasteiger partial charge in [0.2, 0.25) is 11.8 Å². The zero-order chi connectivity index (χ0) is 19.8. The Kier molecular flexibility index (Phi) is 5.21. The zero-order valence-electron chi connectivity index (χ0n) is 16.5. The van der Waals surface area contributed by atoms with Gasteiger partial charge in [-0.3, -0.25) is 24.6 Å². The summed E-state index contributed by atoms with van der Waals surface area (Å²) >= 11 is 0. The summed E-state index contributed by atoms with van der Waals surface area (Å²) in [6.45, 7) is 8.76. The molecular weight excluding hydrogens is 356 g/mol. The fraction of sp³-hybridized carbons (Fsp3) is 0.571. The maximum Gasteiger partial charge on any atom is 0.255 e. The van der Waals surface area contributed by atoms with Crippen LogP contribution in [-0.2, 0) is 22.7 Å². The van der Waals surface area contributed by atoms with Crippen LogP contribution in [0.1, 0.15) is 48.2 Å². The van der Waals surface area contributed by atoms with Crippen molar-refractivity contribution in [3.8, 4) is 0 Å². The fourth-order valence-electron chi connectivity index (χ4n) is 4.47. The molecule has 28 heavy (non-hydrogen) atoms. The standard InChI is InChI=1S/C21H28N4O3/c1-13-8-22-9-14(2)24(10-13)11-15-3-4-16-12-25(21(28)17(16)7-15)18-5-6-19(26)23-20(18)27/h3-4,7,13-14,18,22H,5-6,8-12H2,1-2H3,(H,23,26,27). The predicted molar refractivity (Wildman–Crippen MR) is 104 cm³/mol. The molecule has 2 saturated heterocycles. The molecule has 4 rings (SSSR count). The molecule has 0 aliphatic carbocycles. The molecule has 0 spiro atoms. The lowest BCUT2D eigenvalue weighted by Gasteiger charge is -2.29. The number of piperidine rings is 1. The van der Waals surface area contributed by atoms with Crippen LogP contribution in [0.5, 0.6) is 0 Å². The van der Waals surface area contributed by atoms with Crippen molar-refractivity contribution >= 4 is 17.7 Å². The molecule has 0 saturated carbocycles. The van der Waals surface area contributed by atoms with Crippen LogP contribution in [0.15, 0.2) is 18.2 Å². The molecule has 1 aromatic rings. The van der Waals surface area contributed by atoms with E-state index in [1.807, 2.05) is 12.1 Å². The zero-order valence-corrected chi connectivity index (χ0v) is 16.5. The van der Waals surface area contributed by atoms with E-state index >= 15 is 0 Å². The highest BCUT2D eigenvalue weighted by Gasteiger charge is 2.39. The third kappa shape index (κ3) is 3.69. The summed E-state index contributed by atoms with van der Waals surface area (Å²) in [5.74, 6) is -0.144. The first-order chi connectivity index (χ1) is 13.4. The van der Waals surface area contributed by atoms with Crippen LogP contribution in [0, 0.1) is 5.92 Å². The van der Waals surface area contributed by atoms with Gasteiger partial charge < -0.3 is 10.2 Å². The Morgan fingerprint density at radius 1 is 1.14 bits per heavy atom. The minimum Gasteiger partial charge on any atom is -0.322 e. The minimum absolute atomic E-state index is 0.106. The highest BCUT2D eigenvalue weighted by molar-refractivity contribution is 6.05. The quantitative estimate of drug-likeness (QED) is 0.756. The molecule has 3 unspecified atom stereocenters. The van der Waals surface area contributed by atoms with Crippen molar-refractivity contribution < 1.29 is 14.4 Å². The Bertz CT molecular complexity index is 809. The maximum atomic E-state index is 13.0. The number of amides is 3. The fourth-order valence-corrected chi connectivity index (χ4v) is 4.47. The van der Waals surface area contributed by atoms with Gasteiger partial charge in [-0.15, -0.1) is 0 Å². The maximum absolute atomic E-state index is 13.0. The van der Waals surface area contributed by atoms with Gasteiger partial charge in [0.15, 0.2) is 0 Å². The number of nitrogens with one attached hydrogen (secondary N) is 2. The summed E-state index contributed by atoms with van der Waals surface area (Å²) in [5, 5.41) is 5.85. The molecule has 3 amide bonds. The summed E-state index contributed by atoms with van der Waals surface area (Å²) in [6, 6.07) is 5.97. The van der Waals surface area contributed by atoms with Crippen LogP contribution in [0.25, 0.3) is 0 Å². The lowest BCUT2D eigenvalue weighted by molar-refractivity contribution is -0.136. The van der Waals surface area contributed by atoms with Crippen molar-refractivity contribution in [1.29, 1.82) is 0 Å². The first-order valence-electron chi connectivity index (χ1n) is 10.1. The minimum atomic E-state index is -0.557. The van der Waals surface area contributed by atoms with Crippen molar-refractivity contribution in [1.82, 2.24) is 20.4 Å². The molecule has 2 fully saturated rings. The van der Waals surface area contributed by atoms with E-state index in [1.54, 1.807) is 4.90 Å². The summed E-state index contributed by atoms with van der Waals surface area (Å²) < 4.78 is 0. The van der Waals surface area contributed by atoms with Gasteiger partial charge in [-0.1, -0.05) is 19.1 Å². The molecule has 7 heteroatoms. The van der Waals surface area contributed by atoms with E-state index in [1.165, 1.54) is 0 Å². The number of carbonyl (C=O) groups is 3. The summed E-state index contributed by atoms with van der Waals surface area (Å²) in [4.78, 5) is 40.6. The van der Waals surface area contributed by atoms with Gasteiger partial charge in [0.1, 0.15) is 6.04 Å². The average molecular weight is 384 g/mol. The van der Waals surface area contributed by atoms with Gasteiger partial charge in [0, 0.05) is 44.2 Å². The molecule has 0 aromatic heterocycles. The molecule has 150 valence electrons. The highest BCUT2D eigenvalue weighted by Crippen LogP contribution is 2.28. The van der Waals surface area contributed by atoms with Crippen molar-refractivity contribution in [3.05, 3.63) is 34.9 Å². The van der Waals surface area contributed by atoms with E-state index in [0.29, 0.717) is 30.5 Å². The van der Waals surface area contributed by atoms with Gasteiger partial charge in [0.05, 0.1) is 0 Å². The van der Waals surface area contributed by atoms with Crippen LogP contribution in [0.4, 0.5) is 0 Å². The van der Waals surface area contributed by atoms with Gasteiger partial charge in [-0.2, -0.15) is 0 Å².